The third-order valence-electron chi connectivity index (χ3n) is 10.5. The van der Waals surface area contributed by atoms with E-state index in [2.05, 4.69) is 56.1 Å². The smallest absolute Gasteiger partial charge is 0.0780 e. The van der Waals surface area contributed by atoms with Crippen LogP contribution in [0.15, 0.2) is 0 Å². The monoisotopic (exact) mass is 776 g/mol. The Bertz CT molecular complexity index is 644. The summed E-state index contributed by atoms with van der Waals surface area (Å²) < 4.78 is 2.25. The highest BCUT2D eigenvalue weighted by Crippen LogP contribution is 2.15. The van der Waals surface area contributed by atoms with E-state index in [9.17, 15) is 9.90 Å². The molecule has 53 heavy (non-hydrogen) atoms. The Hall–Kier alpha value is -0.360. The average Bonchev–Trinajstić information content (AvgIpc) is 3.07. The molecule has 0 radical (unpaired) electrons. The van der Waals surface area contributed by atoms with Gasteiger partial charge in [-0.25, -0.2) is 0 Å². The summed E-state index contributed by atoms with van der Waals surface area (Å²) in [5, 5.41) is 9.99. The Balaban J connectivity index is -0.000000370. The largest absolute Gasteiger partial charge is 1.00 e. The molecule has 0 rings (SSSR count). The van der Waals surface area contributed by atoms with Gasteiger partial charge in [-0.1, -0.05) is 194 Å². The van der Waals surface area contributed by atoms with Gasteiger partial charge >= 0.3 is 0 Å². The van der Waals surface area contributed by atoms with Crippen LogP contribution in [0.25, 0.3) is 0 Å². The van der Waals surface area contributed by atoms with Crippen LogP contribution < -0.4 is 17.5 Å². The first-order valence-electron chi connectivity index (χ1n) is 23.2. The molecule has 0 saturated carbocycles. The second-order valence-corrected chi connectivity index (χ2v) is 18.6. The topological polar surface area (TPSA) is 43.4 Å². The fourth-order valence-corrected chi connectivity index (χ4v) is 6.48. The first-order valence-corrected chi connectivity index (χ1v) is 23.2. The lowest BCUT2D eigenvalue weighted by Gasteiger charge is -2.23. The highest BCUT2D eigenvalue weighted by atomic mass is 35.5. The molecule has 0 spiro atoms. The van der Waals surface area contributed by atoms with Gasteiger partial charge in [0.25, 0.3) is 0 Å². The molecular formula is C47H102ClN3O2. The van der Waals surface area contributed by atoms with E-state index in [0.29, 0.717) is 0 Å². The minimum Gasteiger partial charge on any atom is -1.00 e. The molecule has 0 aliphatic rings. The molecular weight excluding hydrogens is 674 g/mol. The molecule has 0 heterocycles. The molecule has 0 aromatic heterocycles. The van der Waals surface area contributed by atoms with Crippen LogP contribution in [0.3, 0.4) is 0 Å². The molecule has 0 amide bonds. The van der Waals surface area contributed by atoms with Crippen molar-refractivity contribution in [3.63, 3.8) is 0 Å². The quantitative estimate of drug-likeness (QED) is 0.0471. The maximum Gasteiger partial charge on any atom is 0.0780 e. The van der Waals surface area contributed by atoms with E-state index in [1.807, 2.05) is 0 Å². The molecule has 324 valence electrons. The summed E-state index contributed by atoms with van der Waals surface area (Å²) in [6.07, 6.45) is 46.7. The number of carboxylic acid groups (broad SMARTS) is 1. The number of rotatable bonds is 36. The number of hydrogen-bond donors (Lipinski definition) is 0. The minimum atomic E-state index is -1.03. The fraction of sp³-hybridized carbons (Fsp3) is 0.979. The molecule has 0 aromatic rings. The summed E-state index contributed by atoms with van der Waals surface area (Å²) in [6, 6.07) is -0.491. The standard InChI is InChI=1S/2C21H46N.C5H11NO2.ClH/c2*1-5-6-7-8-9-10-11-12-13-14-15-16-17-18-19-20-21-22(2,3)4;1-4(5(7)8)6(2)3;/h2*5-21H2,1-4H3;4H,1-3H3,(H,7,8);1H/q2*+1;;/p-2/t;;4-;/m..0./s1. The Kier molecular flexibility index (Phi) is 49.7. The van der Waals surface area contributed by atoms with Gasteiger partial charge in [0, 0.05) is 6.04 Å². The van der Waals surface area contributed by atoms with Gasteiger partial charge < -0.3 is 36.2 Å². The lowest BCUT2D eigenvalue weighted by Crippen LogP contribution is -3.00. The number of unbranched alkanes of at least 4 members (excludes halogenated alkanes) is 30. The van der Waals surface area contributed by atoms with Gasteiger partial charge in [0.05, 0.1) is 61.3 Å². The normalized spacial score (nSPS) is 12.1. The van der Waals surface area contributed by atoms with Crippen LogP contribution in [-0.2, 0) is 4.79 Å². The van der Waals surface area contributed by atoms with Crippen LogP contribution >= 0.6 is 0 Å². The first-order chi connectivity index (χ1) is 24.7. The third-order valence-corrected chi connectivity index (χ3v) is 10.5. The average molecular weight is 777 g/mol. The summed E-state index contributed by atoms with van der Waals surface area (Å²) >= 11 is 0. The highest BCUT2D eigenvalue weighted by Gasteiger charge is 2.06. The molecule has 5 nitrogen and oxygen atoms in total. The first kappa shape index (κ1) is 59.3. The molecule has 0 unspecified atom stereocenters. The summed E-state index contributed by atoms with van der Waals surface area (Å²) in [6.45, 7) is 8.84. The van der Waals surface area contributed by atoms with Crippen LogP contribution in [0.5, 0.6) is 0 Å². The van der Waals surface area contributed by atoms with E-state index in [1.165, 1.54) is 219 Å². The van der Waals surface area contributed by atoms with Gasteiger partial charge in [-0.3, -0.25) is 0 Å². The van der Waals surface area contributed by atoms with Crippen molar-refractivity contribution in [1.29, 1.82) is 0 Å². The predicted molar refractivity (Wildman–Crippen MR) is 233 cm³/mol. The molecule has 0 aliphatic heterocycles. The van der Waals surface area contributed by atoms with Crippen molar-refractivity contribution < 1.29 is 31.3 Å². The number of quaternary nitrogens is 2. The zero-order valence-corrected chi connectivity index (χ0v) is 39.4. The summed E-state index contributed by atoms with van der Waals surface area (Å²) in [4.78, 5) is 11.6. The number of nitrogens with zero attached hydrogens (tertiary/aromatic N) is 3. The second kappa shape index (κ2) is 44.4. The number of halogens is 1. The van der Waals surface area contributed by atoms with E-state index in [-0.39, 0.29) is 12.4 Å². The van der Waals surface area contributed by atoms with Crippen molar-refractivity contribution >= 4 is 5.97 Å². The van der Waals surface area contributed by atoms with E-state index in [1.54, 1.807) is 25.9 Å². The maximum atomic E-state index is 9.99. The summed E-state index contributed by atoms with van der Waals surface area (Å²) in [5.41, 5.74) is 0. The van der Waals surface area contributed by atoms with Gasteiger partial charge in [-0.15, -0.1) is 0 Å². The number of carbonyl (C=O) groups excluding carboxylic acids is 1. The van der Waals surface area contributed by atoms with Crippen molar-refractivity contribution in [3.05, 3.63) is 0 Å². The van der Waals surface area contributed by atoms with E-state index in [4.69, 9.17) is 0 Å². The number of likely N-dealkylation sites (N-methyl/N-ethyl adjacent to an activating group) is 1. The lowest BCUT2D eigenvalue weighted by atomic mass is 10.0. The Morgan fingerprint density at radius 2 is 0.585 bits per heavy atom. The SMILES string of the molecule is CCCCCCCCCCCCCCCCCC[N+](C)(C)C.CCCCCCCCCCCCCCCCCC[N+](C)(C)C.C[C@@H](C(=O)[O-])N(C)C.[Cl-]. The van der Waals surface area contributed by atoms with Crippen LogP contribution in [0.1, 0.15) is 226 Å². The number of carbonyl (C=O) groups is 1. The van der Waals surface area contributed by atoms with Crippen LogP contribution in [0.4, 0.5) is 0 Å². The van der Waals surface area contributed by atoms with Crippen molar-refractivity contribution in [2.24, 2.45) is 0 Å². The van der Waals surface area contributed by atoms with E-state index < -0.39 is 12.0 Å². The zero-order valence-electron chi connectivity index (χ0n) is 38.7. The van der Waals surface area contributed by atoms with E-state index in [0.717, 1.165) is 8.97 Å². The Labute approximate surface area is 342 Å². The van der Waals surface area contributed by atoms with E-state index >= 15 is 0 Å². The Morgan fingerprint density at radius 1 is 0.415 bits per heavy atom. The molecule has 0 aromatic carbocycles. The van der Waals surface area contributed by atoms with Crippen LogP contribution in [0.2, 0.25) is 0 Å². The van der Waals surface area contributed by atoms with Crippen LogP contribution in [-0.4, -0.2) is 95.3 Å². The van der Waals surface area contributed by atoms with Gasteiger partial charge in [0.2, 0.25) is 0 Å². The minimum absolute atomic E-state index is 0. The Morgan fingerprint density at radius 3 is 0.698 bits per heavy atom. The van der Waals surface area contributed by atoms with Crippen molar-refractivity contribution in [1.82, 2.24) is 4.90 Å². The van der Waals surface area contributed by atoms with Crippen LogP contribution in [0, 0.1) is 0 Å². The summed E-state index contributed by atoms with van der Waals surface area (Å²) in [5.74, 6) is -1.03. The van der Waals surface area contributed by atoms with Gasteiger partial charge in [0.15, 0.2) is 0 Å². The number of carboxylic acids is 1. The number of hydrogen-bond acceptors (Lipinski definition) is 3. The van der Waals surface area contributed by atoms with Crippen molar-refractivity contribution in [2.75, 3.05) is 69.5 Å². The van der Waals surface area contributed by atoms with Gasteiger partial charge in [0.1, 0.15) is 0 Å². The molecule has 6 heteroatoms. The molecule has 1 atom stereocenters. The zero-order chi connectivity index (χ0) is 39.8. The maximum absolute atomic E-state index is 9.99. The predicted octanol–water partition coefficient (Wildman–Crippen LogP) is 9.60. The molecule has 0 fully saturated rings. The van der Waals surface area contributed by atoms with Gasteiger partial charge in [-0.05, 0) is 46.7 Å². The second-order valence-electron chi connectivity index (χ2n) is 18.6. The van der Waals surface area contributed by atoms with Crippen molar-refractivity contribution in [2.45, 2.75) is 232 Å². The fourth-order valence-electron chi connectivity index (χ4n) is 6.48. The molecule has 0 saturated heterocycles. The summed E-state index contributed by atoms with van der Waals surface area (Å²) in [7, 11) is 17.2. The lowest BCUT2D eigenvalue weighted by molar-refractivity contribution is -0.870. The van der Waals surface area contributed by atoms with Crippen molar-refractivity contribution in [3.8, 4) is 0 Å². The molecule has 0 aliphatic carbocycles. The molecule has 0 bridgehead atoms. The number of aliphatic carboxylic acids is 1. The molecule has 0 N–H and O–H groups in total. The highest BCUT2D eigenvalue weighted by molar-refractivity contribution is 5.70. The third kappa shape index (κ3) is 61.1. The van der Waals surface area contributed by atoms with Gasteiger partial charge in [-0.2, -0.15) is 0 Å².